The molecular weight excluding hydrogens is 220 g/mol. The first-order valence-corrected chi connectivity index (χ1v) is 6.38. The fraction of sp³-hybridized carbons (Fsp3) is 0.818. The van der Waals surface area contributed by atoms with Crippen LogP contribution in [0.4, 0.5) is 0 Å². The summed E-state index contributed by atoms with van der Waals surface area (Å²) < 4.78 is 3.01. The molecule has 2 rings (SSSR count). The van der Waals surface area contributed by atoms with E-state index in [1.54, 1.807) is 0 Å². The van der Waals surface area contributed by atoms with Crippen molar-refractivity contribution in [2.75, 3.05) is 20.1 Å². The summed E-state index contributed by atoms with van der Waals surface area (Å²) in [6, 6.07) is 0.511. The van der Waals surface area contributed by atoms with Crippen LogP contribution < -0.4 is 0 Å². The number of likely N-dealkylation sites (tertiary alicyclic amines) is 1. The molecule has 0 aromatic carbocycles. The smallest absolute Gasteiger partial charge is 0.195 e. The monoisotopic (exact) mass is 240 g/mol. The van der Waals surface area contributed by atoms with Crippen molar-refractivity contribution in [2.45, 2.75) is 32.7 Å². The molecule has 0 aliphatic carbocycles. The second-order valence-corrected chi connectivity index (χ2v) is 5.15. The summed E-state index contributed by atoms with van der Waals surface area (Å²) in [4.78, 5) is 2.39. The Morgan fingerprint density at radius 2 is 2.31 bits per heavy atom. The molecule has 1 N–H and O–H groups in total. The number of piperidine rings is 1. The number of aromatic nitrogens is 3. The summed E-state index contributed by atoms with van der Waals surface area (Å²) in [6.07, 6.45) is 2.10. The van der Waals surface area contributed by atoms with Crippen molar-refractivity contribution in [1.29, 1.82) is 0 Å². The lowest BCUT2D eigenvalue weighted by molar-refractivity contribution is 0.156. The second-order valence-electron chi connectivity index (χ2n) is 4.76. The normalized spacial score (nSPS) is 27.2. The Morgan fingerprint density at radius 1 is 1.56 bits per heavy atom. The van der Waals surface area contributed by atoms with E-state index in [0.717, 1.165) is 30.1 Å². The van der Waals surface area contributed by atoms with Crippen molar-refractivity contribution in [3.63, 3.8) is 0 Å². The van der Waals surface area contributed by atoms with Gasteiger partial charge in [-0.05, 0) is 38.1 Å². The van der Waals surface area contributed by atoms with Crippen LogP contribution in [0.3, 0.4) is 0 Å². The van der Waals surface area contributed by atoms with Crippen LogP contribution in [0.15, 0.2) is 0 Å². The largest absolute Gasteiger partial charge is 0.306 e. The van der Waals surface area contributed by atoms with E-state index in [0.29, 0.717) is 12.0 Å². The van der Waals surface area contributed by atoms with Gasteiger partial charge < -0.3 is 9.47 Å². The highest BCUT2D eigenvalue weighted by atomic mass is 32.1. The van der Waals surface area contributed by atoms with Gasteiger partial charge in [0.2, 0.25) is 0 Å². The number of hydrogen-bond donors (Lipinski definition) is 1. The Morgan fingerprint density at radius 3 is 2.94 bits per heavy atom. The van der Waals surface area contributed by atoms with Crippen molar-refractivity contribution in [1.82, 2.24) is 19.7 Å². The van der Waals surface area contributed by atoms with E-state index >= 15 is 0 Å². The molecule has 0 saturated carbocycles. The van der Waals surface area contributed by atoms with Gasteiger partial charge in [-0.15, -0.1) is 0 Å². The Bertz CT molecular complexity index is 408. The molecular formula is C11H20N4S. The van der Waals surface area contributed by atoms with Crippen LogP contribution in [0.25, 0.3) is 0 Å². The van der Waals surface area contributed by atoms with Crippen LogP contribution in [0.2, 0.25) is 0 Å². The Kier molecular flexibility index (Phi) is 3.44. The summed E-state index contributed by atoms with van der Waals surface area (Å²) in [5.41, 5.74) is 0. The molecule has 2 atom stereocenters. The molecule has 16 heavy (non-hydrogen) atoms. The third kappa shape index (κ3) is 2.06. The highest BCUT2D eigenvalue weighted by molar-refractivity contribution is 7.71. The van der Waals surface area contributed by atoms with Gasteiger partial charge in [0, 0.05) is 19.0 Å². The standard InChI is InChI=1S/C11H20N4S/c1-4-10-12-13-11(16)15(10)9-5-6-14(3)7-8(9)2/h8-9H,4-7H2,1-3H3,(H,13,16). The highest BCUT2D eigenvalue weighted by Gasteiger charge is 2.27. The molecule has 90 valence electrons. The lowest BCUT2D eigenvalue weighted by Gasteiger charge is -2.35. The molecule has 2 unspecified atom stereocenters. The molecule has 5 heteroatoms. The van der Waals surface area contributed by atoms with Crippen LogP contribution >= 0.6 is 12.2 Å². The number of aromatic amines is 1. The van der Waals surface area contributed by atoms with Gasteiger partial charge in [0.15, 0.2) is 4.77 Å². The van der Waals surface area contributed by atoms with Crippen molar-refractivity contribution < 1.29 is 0 Å². The van der Waals surface area contributed by atoms with E-state index in [9.17, 15) is 0 Å². The van der Waals surface area contributed by atoms with E-state index in [1.165, 1.54) is 6.42 Å². The van der Waals surface area contributed by atoms with E-state index < -0.39 is 0 Å². The molecule has 1 fully saturated rings. The van der Waals surface area contributed by atoms with Gasteiger partial charge in [0.05, 0.1) is 0 Å². The summed E-state index contributed by atoms with van der Waals surface area (Å²) in [5.74, 6) is 1.72. The fourth-order valence-electron chi connectivity index (χ4n) is 2.65. The molecule has 1 aromatic rings. The molecule has 4 nitrogen and oxygen atoms in total. The van der Waals surface area contributed by atoms with Gasteiger partial charge in [-0.1, -0.05) is 13.8 Å². The summed E-state index contributed by atoms with van der Waals surface area (Å²) in [7, 11) is 2.18. The maximum Gasteiger partial charge on any atom is 0.195 e. The number of nitrogens with one attached hydrogen (secondary N) is 1. The van der Waals surface area contributed by atoms with Crippen molar-refractivity contribution in [3.05, 3.63) is 10.6 Å². The quantitative estimate of drug-likeness (QED) is 0.804. The zero-order valence-corrected chi connectivity index (χ0v) is 11.0. The highest BCUT2D eigenvalue weighted by Crippen LogP contribution is 2.28. The summed E-state index contributed by atoms with van der Waals surface area (Å²) in [6.45, 7) is 6.71. The zero-order chi connectivity index (χ0) is 11.7. The van der Waals surface area contributed by atoms with Gasteiger partial charge in [0.1, 0.15) is 5.82 Å². The molecule has 1 saturated heterocycles. The van der Waals surface area contributed by atoms with Gasteiger partial charge in [0.25, 0.3) is 0 Å². The maximum atomic E-state index is 5.33. The summed E-state index contributed by atoms with van der Waals surface area (Å²) >= 11 is 5.33. The lowest BCUT2D eigenvalue weighted by atomic mass is 9.94. The van der Waals surface area contributed by atoms with Gasteiger partial charge >= 0.3 is 0 Å². The molecule has 1 aliphatic rings. The van der Waals surface area contributed by atoms with Crippen LogP contribution in [0, 0.1) is 10.7 Å². The first-order chi connectivity index (χ1) is 7.63. The predicted molar refractivity (Wildman–Crippen MR) is 67.1 cm³/mol. The van der Waals surface area contributed by atoms with E-state index in [-0.39, 0.29) is 0 Å². The molecule has 0 bridgehead atoms. The van der Waals surface area contributed by atoms with Crippen LogP contribution in [-0.2, 0) is 6.42 Å². The van der Waals surface area contributed by atoms with E-state index in [4.69, 9.17) is 12.2 Å². The Labute approximate surface area is 102 Å². The molecule has 0 spiro atoms. The van der Waals surface area contributed by atoms with Crippen LogP contribution in [0.5, 0.6) is 0 Å². The first kappa shape index (κ1) is 11.8. The minimum absolute atomic E-state index is 0.511. The van der Waals surface area contributed by atoms with Gasteiger partial charge in [-0.2, -0.15) is 5.10 Å². The van der Waals surface area contributed by atoms with Crippen molar-refractivity contribution in [3.8, 4) is 0 Å². The van der Waals surface area contributed by atoms with Crippen molar-refractivity contribution in [2.24, 2.45) is 5.92 Å². The molecule has 2 heterocycles. The number of rotatable bonds is 2. The average molecular weight is 240 g/mol. The predicted octanol–water partition coefficient (Wildman–Crippen LogP) is 2.02. The third-order valence-corrected chi connectivity index (χ3v) is 3.78. The molecule has 1 aliphatic heterocycles. The minimum Gasteiger partial charge on any atom is -0.306 e. The Balaban J connectivity index is 2.29. The van der Waals surface area contributed by atoms with Crippen LogP contribution in [0.1, 0.15) is 32.1 Å². The zero-order valence-electron chi connectivity index (χ0n) is 10.2. The van der Waals surface area contributed by atoms with Gasteiger partial charge in [-0.3, -0.25) is 5.10 Å². The molecule has 0 amide bonds. The topological polar surface area (TPSA) is 36.9 Å². The van der Waals surface area contributed by atoms with Crippen molar-refractivity contribution >= 4 is 12.2 Å². The number of nitrogens with zero attached hydrogens (tertiary/aromatic N) is 3. The molecule has 1 aromatic heterocycles. The third-order valence-electron chi connectivity index (χ3n) is 3.49. The lowest BCUT2D eigenvalue weighted by Crippen LogP contribution is -2.38. The second kappa shape index (κ2) is 4.67. The number of hydrogen-bond acceptors (Lipinski definition) is 3. The maximum absolute atomic E-state index is 5.33. The molecule has 0 radical (unpaired) electrons. The average Bonchev–Trinajstić information content (AvgIpc) is 2.60. The summed E-state index contributed by atoms with van der Waals surface area (Å²) in [5, 5.41) is 7.21. The van der Waals surface area contributed by atoms with E-state index in [2.05, 4.69) is 40.6 Å². The number of H-pyrrole nitrogens is 1. The minimum atomic E-state index is 0.511. The van der Waals surface area contributed by atoms with Gasteiger partial charge in [-0.25, -0.2) is 0 Å². The number of aryl methyl sites for hydroxylation is 1. The van der Waals surface area contributed by atoms with Crippen LogP contribution in [-0.4, -0.2) is 39.8 Å². The van der Waals surface area contributed by atoms with E-state index in [1.807, 2.05) is 0 Å². The first-order valence-electron chi connectivity index (χ1n) is 5.97. The SMILES string of the molecule is CCc1n[nH]c(=S)n1C1CCN(C)CC1C. The fourth-order valence-corrected chi connectivity index (χ4v) is 2.94. The Hall–Kier alpha value is -0.680.